The molecule has 2 aliphatic heterocycles. The van der Waals surface area contributed by atoms with E-state index < -0.39 is 5.67 Å². The van der Waals surface area contributed by atoms with Crippen molar-refractivity contribution in [2.24, 2.45) is 22.6 Å². The number of nitrogens with two attached hydrogens (primary N) is 1. The average Bonchev–Trinajstić information content (AvgIpc) is 3.68. The fraction of sp³-hybridized carbons (Fsp3) is 0.459. The van der Waals surface area contributed by atoms with Gasteiger partial charge in [-0.1, -0.05) is 18.9 Å². The van der Waals surface area contributed by atoms with E-state index in [-0.39, 0.29) is 12.5 Å². The Morgan fingerprint density at radius 1 is 1.17 bits per heavy atom. The van der Waals surface area contributed by atoms with Crippen LogP contribution in [0.15, 0.2) is 47.5 Å². The summed E-state index contributed by atoms with van der Waals surface area (Å²) in [5.41, 5.74) is 9.95. The Balaban J connectivity index is 1.38. The molecular formula is C37H44FN7O2. The summed E-state index contributed by atoms with van der Waals surface area (Å²) in [4.78, 5) is 27.3. The Kier molecular flexibility index (Phi) is 9.31. The molecule has 1 aromatic heterocycles. The number of carbonyl (C=O) groups is 1. The quantitative estimate of drug-likeness (QED) is 0.185. The highest BCUT2D eigenvalue weighted by molar-refractivity contribution is 6.10. The van der Waals surface area contributed by atoms with E-state index in [1.807, 2.05) is 24.3 Å². The number of benzene rings is 2. The first-order chi connectivity index (χ1) is 22.6. The summed E-state index contributed by atoms with van der Waals surface area (Å²) >= 11 is 0. The van der Waals surface area contributed by atoms with Crippen LogP contribution in [0.1, 0.15) is 77.7 Å². The van der Waals surface area contributed by atoms with Crippen LogP contribution in [0.4, 0.5) is 16.0 Å². The lowest BCUT2D eigenvalue weighted by Gasteiger charge is -2.22. The second kappa shape index (κ2) is 13.4. The highest BCUT2D eigenvalue weighted by Crippen LogP contribution is 2.39. The van der Waals surface area contributed by atoms with E-state index >= 15 is 4.39 Å². The second-order valence-corrected chi connectivity index (χ2v) is 13.6. The third-order valence-corrected chi connectivity index (χ3v) is 9.54. The lowest BCUT2D eigenvalue weighted by atomic mass is 9.90. The first kappa shape index (κ1) is 32.6. The van der Waals surface area contributed by atoms with Crippen molar-refractivity contribution in [1.82, 2.24) is 9.88 Å². The normalized spacial score (nSPS) is 18.5. The summed E-state index contributed by atoms with van der Waals surface area (Å²) in [7, 11) is 3.35. The SMILES string of the molecule is CN=C(N)c1ccc(C#N)cc1-c1cc(NCCC2CC2)nc(N2Cc3c(cc(CN4CC[C@@H](COC)C4)cc3C(C)(C)F)C2=O)c1. The molecule has 2 fully saturated rings. The molecule has 2 aromatic carbocycles. The summed E-state index contributed by atoms with van der Waals surface area (Å²) in [5, 5.41) is 13.2. The van der Waals surface area contributed by atoms with Crippen LogP contribution in [-0.2, 0) is 23.5 Å². The number of carbonyl (C=O) groups excluding carboxylic acids is 1. The van der Waals surface area contributed by atoms with Gasteiger partial charge in [-0.3, -0.25) is 19.6 Å². The number of aromatic nitrogens is 1. The molecule has 47 heavy (non-hydrogen) atoms. The Labute approximate surface area is 276 Å². The Hall–Kier alpha value is -4.33. The van der Waals surface area contributed by atoms with Gasteiger partial charge in [-0.15, -0.1) is 0 Å². The van der Waals surface area contributed by atoms with Gasteiger partial charge in [-0.05, 0) is 109 Å². The van der Waals surface area contributed by atoms with Gasteiger partial charge in [0.05, 0.1) is 24.8 Å². The first-order valence-electron chi connectivity index (χ1n) is 16.5. The maximum absolute atomic E-state index is 15.8. The third-order valence-electron chi connectivity index (χ3n) is 9.54. The molecule has 1 aliphatic carbocycles. The molecule has 246 valence electrons. The first-order valence-corrected chi connectivity index (χ1v) is 16.5. The molecule has 10 heteroatoms. The molecule has 1 saturated heterocycles. The lowest BCUT2D eigenvalue weighted by Crippen LogP contribution is -2.25. The Bertz CT molecular complexity index is 1740. The molecule has 3 N–H and O–H groups in total. The molecule has 0 bridgehead atoms. The molecular weight excluding hydrogens is 593 g/mol. The van der Waals surface area contributed by atoms with Gasteiger partial charge in [0.15, 0.2) is 0 Å². The summed E-state index contributed by atoms with van der Waals surface area (Å²) in [6.07, 6.45) is 4.60. The van der Waals surface area contributed by atoms with Crippen molar-refractivity contribution < 1.29 is 13.9 Å². The molecule has 3 aromatic rings. The van der Waals surface area contributed by atoms with Gasteiger partial charge >= 0.3 is 0 Å². The summed E-state index contributed by atoms with van der Waals surface area (Å²) in [6, 6.07) is 15.1. The van der Waals surface area contributed by atoms with E-state index in [1.54, 1.807) is 51.1 Å². The van der Waals surface area contributed by atoms with Crippen molar-refractivity contribution in [2.75, 3.05) is 50.6 Å². The molecule has 6 rings (SSSR count). The predicted octanol–water partition coefficient (Wildman–Crippen LogP) is 6.00. The highest BCUT2D eigenvalue weighted by Gasteiger charge is 2.37. The number of anilines is 2. The minimum atomic E-state index is -1.64. The smallest absolute Gasteiger partial charge is 0.260 e. The predicted molar refractivity (Wildman–Crippen MR) is 183 cm³/mol. The van der Waals surface area contributed by atoms with Gasteiger partial charge in [-0.2, -0.15) is 5.26 Å². The maximum atomic E-state index is 15.8. The number of likely N-dealkylation sites (tertiary alicyclic amines) is 1. The largest absolute Gasteiger partial charge is 0.384 e. The summed E-state index contributed by atoms with van der Waals surface area (Å²) in [5.74, 6) is 2.41. The van der Waals surface area contributed by atoms with Gasteiger partial charge in [0.25, 0.3) is 5.91 Å². The van der Waals surface area contributed by atoms with E-state index in [1.165, 1.54) is 12.8 Å². The number of hydrogen-bond donors (Lipinski definition) is 2. The number of methoxy groups -OCH3 is 1. The number of aliphatic imine (C=N–C) groups is 1. The molecule has 1 atom stereocenters. The van der Waals surface area contributed by atoms with Gasteiger partial charge < -0.3 is 15.8 Å². The van der Waals surface area contributed by atoms with Crippen LogP contribution in [0.25, 0.3) is 11.1 Å². The molecule has 1 saturated carbocycles. The number of hydrogen-bond acceptors (Lipinski definition) is 7. The van der Waals surface area contributed by atoms with Crippen molar-refractivity contribution in [2.45, 2.75) is 58.3 Å². The molecule has 9 nitrogen and oxygen atoms in total. The number of pyridine rings is 1. The van der Waals surface area contributed by atoms with Crippen molar-refractivity contribution in [3.8, 4) is 17.2 Å². The van der Waals surface area contributed by atoms with E-state index in [0.29, 0.717) is 57.8 Å². The minimum Gasteiger partial charge on any atom is -0.384 e. The maximum Gasteiger partial charge on any atom is 0.260 e. The number of amidine groups is 1. The zero-order valence-electron chi connectivity index (χ0n) is 27.8. The molecule has 0 radical (unpaired) electrons. The highest BCUT2D eigenvalue weighted by atomic mass is 19.1. The van der Waals surface area contributed by atoms with Crippen LogP contribution in [0.5, 0.6) is 0 Å². The van der Waals surface area contributed by atoms with Gasteiger partial charge in [-0.25, -0.2) is 9.37 Å². The van der Waals surface area contributed by atoms with Crippen molar-refractivity contribution in [3.05, 3.63) is 75.8 Å². The Morgan fingerprint density at radius 3 is 2.68 bits per heavy atom. The number of fused-ring (bicyclic) bond motifs is 1. The van der Waals surface area contributed by atoms with Crippen LogP contribution < -0.4 is 16.0 Å². The minimum absolute atomic E-state index is 0.207. The van der Waals surface area contributed by atoms with E-state index in [2.05, 4.69) is 21.3 Å². The molecule has 3 aliphatic rings. The zero-order chi connectivity index (χ0) is 33.3. The number of nitriles is 1. The van der Waals surface area contributed by atoms with Crippen LogP contribution >= 0.6 is 0 Å². The van der Waals surface area contributed by atoms with Crippen LogP contribution in [0.2, 0.25) is 0 Å². The number of nitrogens with zero attached hydrogens (tertiary/aromatic N) is 5. The van der Waals surface area contributed by atoms with E-state index in [4.69, 9.17) is 15.5 Å². The Morgan fingerprint density at radius 2 is 1.98 bits per heavy atom. The lowest BCUT2D eigenvalue weighted by molar-refractivity contribution is 0.0996. The fourth-order valence-electron chi connectivity index (χ4n) is 6.87. The number of halogens is 1. The fourth-order valence-corrected chi connectivity index (χ4v) is 6.87. The van der Waals surface area contributed by atoms with Gasteiger partial charge in [0.2, 0.25) is 0 Å². The van der Waals surface area contributed by atoms with Crippen molar-refractivity contribution in [3.63, 3.8) is 0 Å². The number of amides is 1. The standard InChI is InChI=1S/C37H44FN7O2/c1-37(2,38)32-15-26(20-44-12-10-25(19-44)22-47-4)14-30-31(32)21-45(36(30)46)34-17-27(16-33(43-34)42-11-9-23-5-6-23)29-13-24(18-39)7-8-28(29)35(40)41-3/h7-8,13-17,23,25H,5-6,9-12,19-22H2,1-4H3,(H2,40,41)(H,42,43)/t25-/m1/s1. The van der Waals surface area contributed by atoms with Crippen molar-refractivity contribution in [1.29, 1.82) is 5.26 Å². The van der Waals surface area contributed by atoms with Gasteiger partial charge in [0.1, 0.15) is 23.1 Å². The number of ether oxygens (including phenoxy) is 1. The second-order valence-electron chi connectivity index (χ2n) is 13.6. The molecule has 3 heterocycles. The van der Waals surface area contributed by atoms with E-state index in [9.17, 15) is 10.1 Å². The number of rotatable bonds is 12. The monoisotopic (exact) mass is 637 g/mol. The van der Waals surface area contributed by atoms with E-state index in [0.717, 1.165) is 61.7 Å². The zero-order valence-corrected chi connectivity index (χ0v) is 27.8. The van der Waals surface area contributed by atoms with Crippen LogP contribution in [0, 0.1) is 23.2 Å². The molecule has 0 unspecified atom stereocenters. The number of alkyl halides is 1. The molecule has 1 amide bonds. The third kappa shape index (κ3) is 7.16. The summed E-state index contributed by atoms with van der Waals surface area (Å²) < 4.78 is 21.2. The van der Waals surface area contributed by atoms with Crippen LogP contribution in [0.3, 0.4) is 0 Å². The summed E-state index contributed by atoms with van der Waals surface area (Å²) in [6.45, 7) is 7.28. The molecule has 0 spiro atoms. The average molecular weight is 638 g/mol. The van der Waals surface area contributed by atoms with Crippen LogP contribution in [-0.4, -0.2) is 62.0 Å². The topological polar surface area (TPSA) is 120 Å². The van der Waals surface area contributed by atoms with Gasteiger partial charge in [0, 0.05) is 44.9 Å². The number of nitrogens with one attached hydrogen (secondary N) is 1. The van der Waals surface area contributed by atoms with Crippen molar-refractivity contribution >= 4 is 23.4 Å².